The van der Waals surface area contributed by atoms with Gasteiger partial charge in [-0.15, -0.1) is 0 Å². The van der Waals surface area contributed by atoms with Crippen LogP contribution in [0.25, 0.3) is 0 Å². The van der Waals surface area contributed by atoms with E-state index in [4.69, 9.17) is 0 Å². The molecule has 0 spiro atoms. The van der Waals surface area contributed by atoms with Crippen LogP contribution in [0.15, 0.2) is 0 Å². The Hall–Kier alpha value is -0.570. The van der Waals surface area contributed by atoms with Crippen LogP contribution in [0.5, 0.6) is 0 Å². The van der Waals surface area contributed by atoms with Gasteiger partial charge in [-0.25, -0.2) is 0 Å². The van der Waals surface area contributed by atoms with Crippen molar-refractivity contribution >= 4 is 5.91 Å². The molecule has 3 heteroatoms. The number of hydrogen-bond acceptors (Lipinski definition) is 2. The van der Waals surface area contributed by atoms with Gasteiger partial charge in [-0.3, -0.25) is 4.79 Å². The number of carbonyl (C=O) groups excluding carboxylic acids is 1. The second-order valence-electron chi connectivity index (χ2n) is 4.54. The SMILES string of the molecule is CCCC(C)CNCCNC(=O)C(C)C. The van der Waals surface area contributed by atoms with Crippen molar-refractivity contribution in [2.45, 2.75) is 40.5 Å². The molecule has 0 bridgehead atoms. The van der Waals surface area contributed by atoms with E-state index in [-0.39, 0.29) is 11.8 Å². The zero-order chi connectivity index (χ0) is 11.7. The smallest absolute Gasteiger partial charge is 0.222 e. The molecule has 1 atom stereocenters. The third-order valence-electron chi connectivity index (χ3n) is 2.40. The molecule has 1 amide bonds. The molecule has 3 nitrogen and oxygen atoms in total. The molecule has 0 saturated heterocycles. The monoisotopic (exact) mass is 214 g/mol. The van der Waals surface area contributed by atoms with Crippen LogP contribution in [0.3, 0.4) is 0 Å². The van der Waals surface area contributed by atoms with Crippen molar-refractivity contribution in [3.63, 3.8) is 0 Å². The number of rotatable bonds is 8. The Morgan fingerprint density at radius 1 is 1.20 bits per heavy atom. The Morgan fingerprint density at radius 3 is 2.40 bits per heavy atom. The van der Waals surface area contributed by atoms with Gasteiger partial charge in [0.1, 0.15) is 0 Å². The molecule has 0 aromatic heterocycles. The lowest BCUT2D eigenvalue weighted by Gasteiger charge is -2.12. The summed E-state index contributed by atoms with van der Waals surface area (Å²) in [6, 6.07) is 0. The maximum atomic E-state index is 11.2. The molecule has 0 aromatic rings. The van der Waals surface area contributed by atoms with E-state index in [0.29, 0.717) is 0 Å². The fourth-order valence-electron chi connectivity index (χ4n) is 1.42. The van der Waals surface area contributed by atoms with E-state index < -0.39 is 0 Å². The maximum absolute atomic E-state index is 11.2. The van der Waals surface area contributed by atoms with E-state index in [0.717, 1.165) is 25.6 Å². The average Bonchev–Trinajstić information content (AvgIpc) is 2.17. The van der Waals surface area contributed by atoms with Crippen LogP contribution >= 0.6 is 0 Å². The first-order valence-electron chi connectivity index (χ1n) is 6.06. The van der Waals surface area contributed by atoms with Gasteiger partial charge in [0, 0.05) is 19.0 Å². The third kappa shape index (κ3) is 8.43. The first kappa shape index (κ1) is 14.4. The minimum Gasteiger partial charge on any atom is -0.355 e. The molecule has 0 aliphatic rings. The molecule has 15 heavy (non-hydrogen) atoms. The highest BCUT2D eigenvalue weighted by molar-refractivity contribution is 5.77. The molecular weight excluding hydrogens is 188 g/mol. The molecule has 0 fully saturated rings. The highest BCUT2D eigenvalue weighted by Gasteiger charge is 2.04. The molecule has 0 saturated carbocycles. The molecular formula is C12H26N2O. The van der Waals surface area contributed by atoms with Crippen LogP contribution in [0.2, 0.25) is 0 Å². The van der Waals surface area contributed by atoms with Crippen LogP contribution in [-0.2, 0) is 4.79 Å². The molecule has 1 unspecified atom stereocenters. The summed E-state index contributed by atoms with van der Waals surface area (Å²) in [5.41, 5.74) is 0. The molecule has 2 N–H and O–H groups in total. The lowest BCUT2D eigenvalue weighted by Crippen LogP contribution is -2.35. The van der Waals surface area contributed by atoms with Crippen molar-refractivity contribution in [3.8, 4) is 0 Å². The fourth-order valence-corrected chi connectivity index (χ4v) is 1.42. The summed E-state index contributed by atoms with van der Waals surface area (Å²) in [6.07, 6.45) is 2.51. The summed E-state index contributed by atoms with van der Waals surface area (Å²) in [5, 5.41) is 6.24. The molecule has 0 rings (SSSR count). The number of carbonyl (C=O) groups is 1. The van der Waals surface area contributed by atoms with Crippen molar-refractivity contribution in [1.29, 1.82) is 0 Å². The predicted octanol–water partition coefficient (Wildman–Crippen LogP) is 1.78. The van der Waals surface area contributed by atoms with Crippen LogP contribution in [-0.4, -0.2) is 25.5 Å². The summed E-state index contributed by atoms with van der Waals surface area (Å²) in [5.74, 6) is 0.957. The lowest BCUT2D eigenvalue weighted by atomic mass is 10.1. The van der Waals surface area contributed by atoms with Gasteiger partial charge in [-0.2, -0.15) is 0 Å². The highest BCUT2D eigenvalue weighted by Crippen LogP contribution is 2.01. The number of nitrogens with one attached hydrogen (secondary N) is 2. The van der Waals surface area contributed by atoms with E-state index in [2.05, 4.69) is 24.5 Å². The summed E-state index contributed by atoms with van der Waals surface area (Å²) < 4.78 is 0. The van der Waals surface area contributed by atoms with Gasteiger partial charge in [0.15, 0.2) is 0 Å². The van der Waals surface area contributed by atoms with E-state index in [1.54, 1.807) is 0 Å². The second-order valence-corrected chi connectivity index (χ2v) is 4.54. The number of hydrogen-bond donors (Lipinski definition) is 2. The Morgan fingerprint density at radius 2 is 1.87 bits per heavy atom. The molecule has 0 radical (unpaired) electrons. The van der Waals surface area contributed by atoms with Crippen LogP contribution in [0.1, 0.15) is 40.5 Å². The summed E-state index contributed by atoms with van der Waals surface area (Å²) in [6.45, 7) is 10.9. The normalized spacial score (nSPS) is 12.9. The Balaban J connectivity index is 3.28. The summed E-state index contributed by atoms with van der Waals surface area (Å²) in [7, 11) is 0. The largest absolute Gasteiger partial charge is 0.355 e. The van der Waals surface area contributed by atoms with E-state index in [9.17, 15) is 4.79 Å². The first-order chi connectivity index (χ1) is 7.07. The van der Waals surface area contributed by atoms with Gasteiger partial charge in [-0.1, -0.05) is 34.1 Å². The van der Waals surface area contributed by atoms with Gasteiger partial charge >= 0.3 is 0 Å². The summed E-state index contributed by atoms with van der Waals surface area (Å²) >= 11 is 0. The lowest BCUT2D eigenvalue weighted by molar-refractivity contribution is -0.123. The first-order valence-corrected chi connectivity index (χ1v) is 6.06. The van der Waals surface area contributed by atoms with Crippen LogP contribution in [0.4, 0.5) is 0 Å². The predicted molar refractivity (Wildman–Crippen MR) is 64.8 cm³/mol. The van der Waals surface area contributed by atoms with Crippen molar-refractivity contribution < 1.29 is 4.79 Å². The van der Waals surface area contributed by atoms with Crippen molar-refractivity contribution in [3.05, 3.63) is 0 Å². The second kappa shape index (κ2) is 8.72. The van der Waals surface area contributed by atoms with E-state index >= 15 is 0 Å². The quantitative estimate of drug-likeness (QED) is 0.605. The fraction of sp³-hybridized carbons (Fsp3) is 0.917. The topological polar surface area (TPSA) is 41.1 Å². The van der Waals surface area contributed by atoms with Crippen molar-refractivity contribution in [1.82, 2.24) is 10.6 Å². The van der Waals surface area contributed by atoms with E-state index in [1.165, 1.54) is 12.8 Å². The Kier molecular flexibility index (Phi) is 8.38. The number of amides is 1. The summed E-state index contributed by atoms with van der Waals surface area (Å²) in [4.78, 5) is 11.2. The molecule has 0 heterocycles. The van der Waals surface area contributed by atoms with E-state index in [1.807, 2.05) is 13.8 Å². The molecule has 0 aromatic carbocycles. The van der Waals surface area contributed by atoms with Gasteiger partial charge in [0.2, 0.25) is 5.91 Å². The minimum atomic E-state index is 0.0871. The molecule has 90 valence electrons. The maximum Gasteiger partial charge on any atom is 0.222 e. The van der Waals surface area contributed by atoms with Crippen molar-refractivity contribution in [2.24, 2.45) is 11.8 Å². The third-order valence-corrected chi connectivity index (χ3v) is 2.40. The highest BCUT2D eigenvalue weighted by atomic mass is 16.1. The zero-order valence-electron chi connectivity index (χ0n) is 10.6. The van der Waals surface area contributed by atoms with Gasteiger partial charge in [0.25, 0.3) is 0 Å². The van der Waals surface area contributed by atoms with Crippen molar-refractivity contribution in [2.75, 3.05) is 19.6 Å². The van der Waals surface area contributed by atoms with Crippen LogP contribution < -0.4 is 10.6 Å². The Labute approximate surface area is 94.0 Å². The minimum absolute atomic E-state index is 0.0871. The van der Waals surface area contributed by atoms with Gasteiger partial charge in [0.05, 0.1) is 0 Å². The van der Waals surface area contributed by atoms with Gasteiger partial charge < -0.3 is 10.6 Å². The molecule has 0 aliphatic heterocycles. The van der Waals surface area contributed by atoms with Crippen LogP contribution in [0, 0.1) is 11.8 Å². The zero-order valence-corrected chi connectivity index (χ0v) is 10.6. The Bertz CT molecular complexity index is 169. The molecule has 0 aliphatic carbocycles. The average molecular weight is 214 g/mol. The standard InChI is InChI=1S/C12H26N2O/c1-5-6-11(4)9-13-7-8-14-12(15)10(2)3/h10-11,13H,5-9H2,1-4H3,(H,14,15). The van der Waals surface area contributed by atoms with Gasteiger partial charge in [-0.05, 0) is 18.9 Å².